The minimum absolute atomic E-state index is 0.114. The Morgan fingerprint density at radius 2 is 2.00 bits per heavy atom. The van der Waals surface area contributed by atoms with Crippen molar-refractivity contribution in [3.8, 4) is 16.9 Å². The number of aromatic amines is 1. The minimum Gasteiger partial charge on any atom is -0.487 e. The highest BCUT2D eigenvalue weighted by Crippen LogP contribution is 2.44. The number of carbonyl (C=O) groups excluding carboxylic acids is 1. The van der Waals surface area contributed by atoms with Crippen molar-refractivity contribution in [1.82, 2.24) is 9.97 Å². The Hall–Kier alpha value is -3.93. The molecule has 31 heavy (non-hydrogen) atoms. The topological polar surface area (TPSA) is 90.9 Å². The number of nitrogens with zero attached hydrogens (tertiary/aromatic N) is 1. The maximum Gasteiger partial charge on any atom is 0.235 e. The van der Waals surface area contributed by atoms with E-state index in [1.54, 1.807) is 6.20 Å². The summed E-state index contributed by atoms with van der Waals surface area (Å²) in [5, 5.41) is 11.4. The molecule has 0 bridgehead atoms. The zero-order valence-electron chi connectivity index (χ0n) is 16.9. The number of H-pyrrole nitrogens is 1. The first-order valence-electron chi connectivity index (χ1n) is 10.2. The Labute approximate surface area is 179 Å². The molecule has 2 aromatic heterocycles. The van der Waals surface area contributed by atoms with Crippen LogP contribution in [-0.4, -0.2) is 22.1 Å². The maximum atomic E-state index is 12.5. The summed E-state index contributed by atoms with van der Waals surface area (Å²) in [5.74, 6) is 0.583. The molecule has 0 saturated heterocycles. The fourth-order valence-electron chi connectivity index (χ4n) is 3.63. The van der Waals surface area contributed by atoms with Crippen molar-refractivity contribution in [1.29, 1.82) is 5.41 Å². The smallest absolute Gasteiger partial charge is 0.235 e. The van der Waals surface area contributed by atoms with E-state index < -0.39 is 5.41 Å². The summed E-state index contributed by atoms with van der Waals surface area (Å²) in [7, 11) is 0. The van der Waals surface area contributed by atoms with Crippen molar-refractivity contribution in [2.75, 3.05) is 5.32 Å². The molecule has 1 aliphatic rings. The lowest BCUT2D eigenvalue weighted by atomic mass is 10.0. The molecule has 0 unspecified atom stereocenters. The zero-order chi connectivity index (χ0) is 21.3. The van der Waals surface area contributed by atoms with Crippen LogP contribution >= 0.6 is 0 Å². The predicted octanol–water partition coefficient (Wildman–Crippen LogP) is 5.18. The third-order valence-electron chi connectivity index (χ3n) is 5.70. The molecule has 6 nitrogen and oxygen atoms in total. The van der Waals surface area contributed by atoms with Crippen LogP contribution in [0.15, 0.2) is 73.1 Å². The van der Waals surface area contributed by atoms with E-state index in [4.69, 9.17) is 10.1 Å². The van der Waals surface area contributed by atoms with Gasteiger partial charge in [-0.3, -0.25) is 4.79 Å². The van der Waals surface area contributed by atoms with Crippen molar-refractivity contribution in [2.45, 2.75) is 19.4 Å². The van der Waals surface area contributed by atoms with Crippen molar-refractivity contribution in [2.24, 2.45) is 5.41 Å². The number of pyridine rings is 1. The van der Waals surface area contributed by atoms with Gasteiger partial charge in [0.1, 0.15) is 18.0 Å². The van der Waals surface area contributed by atoms with E-state index in [1.165, 1.54) is 6.21 Å². The number of fused-ring (bicyclic) bond motifs is 1. The quantitative estimate of drug-likeness (QED) is 0.367. The molecule has 4 aromatic rings. The molecule has 6 heteroatoms. The summed E-state index contributed by atoms with van der Waals surface area (Å²) in [4.78, 5) is 20.2. The van der Waals surface area contributed by atoms with Gasteiger partial charge in [-0.2, -0.15) is 0 Å². The third kappa shape index (κ3) is 3.80. The Kier molecular flexibility index (Phi) is 4.75. The number of aromatic nitrogens is 2. The van der Waals surface area contributed by atoms with Gasteiger partial charge in [-0.15, -0.1) is 0 Å². The number of anilines is 1. The number of benzene rings is 2. The van der Waals surface area contributed by atoms with Crippen molar-refractivity contribution in [3.05, 3.63) is 78.6 Å². The Morgan fingerprint density at radius 3 is 2.77 bits per heavy atom. The van der Waals surface area contributed by atoms with Crippen LogP contribution in [0.2, 0.25) is 0 Å². The van der Waals surface area contributed by atoms with E-state index >= 15 is 0 Å². The highest BCUT2D eigenvalue weighted by Gasteiger charge is 2.48. The average Bonchev–Trinajstić information content (AvgIpc) is 3.51. The summed E-state index contributed by atoms with van der Waals surface area (Å²) in [6.45, 7) is 0.476. The van der Waals surface area contributed by atoms with Gasteiger partial charge in [0.25, 0.3) is 0 Å². The van der Waals surface area contributed by atoms with Crippen LogP contribution < -0.4 is 10.1 Å². The highest BCUT2D eigenvalue weighted by atomic mass is 16.5. The molecule has 2 heterocycles. The van der Waals surface area contributed by atoms with Gasteiger partial charge in [0.05, 0.1) is 11.6 Å². The van der Waals surface area contributed by atoms with Crippen LogP contribution in [0.1, 0.15) is 18.4 Å². The molecule has 0 atom stereocenters. The summed E-state index contributed by atoms with van der Waals surface area (Å²) in [6, 6.07) is 19.7. The first kappa shape index (κ1) is 19.1. The number of hydrogen-bond acceptors (Lipinski definition) is 4. The largest absolute Gasteiger partial charge is 0.487 e. The monoisotopic (exact) mass is 410 g/mol. The molecule has 154 valence electrons. The number of ether oxygens (including phenoxy) is 1. The molecule has 0 aliphatic heterocycles. The lowest BCUT2D eigenvalue weighted by molar-refractivity contribution is -0.118. The SMILES string of the molecule is N=CC1(C(=O)Nc2cccc(-c3c[nH]c4ncc(OCc5ccccc5)cc34)c2)CC1. The molecule has 0 spiro atoms. The van der Waals surface area contributed by atoms with Gasteiger partial charge in [-0.25, -0.2) is 4.98 Å². The van der Waals surface area contributed by atoms with E-state index in [0.717, 1.165) is 46.3 Å². The first-order chi connectivity index (χ1) is 15.2. The molecular weight excluding hydrogens is 388 g/mol. The van der Waals surface area contributed by atoms with Crippen molar-refractivity contribution < 1.29 is 9.53 Å². The van der Waals surface area contributed by atoms with Gasteiger partial charge in [0.2, 0.25) is 5.91 Å². The molecule has 1 fully saturated rings. The molecule has 3 N–H and O–H groups in total. The normalized spacial score (nSPS) is 14.2. The number of nitrogens with one attached hydrogen (secondary N) is 3. The number of carbonyl (C=O) groups is 1. The Bertz CT molecular complexity index is 1260. The van der Waals surface area contributed by atoms with Gasteiger partial charge in [-0.05, 0) is 42.2 Å². The Balaban J connectivity index is 1.39. The fraction of sp³-hybridized carbons (Fsp3) is 0.160. The minimum atomic E-state index is -0.619. The average molecular weight is 410 g/mol. The standard InChI is InChI=1S/C25H22N4O2/c26-16-25(9-10-25)24(30)29-19-8-4-7-18(11-19)22-14-28-23-21(22)12-20(13-27-23)31-15-17-5-2-1-3-6-17/h1-8,11-14,16,26H,9-10,15H2,(H,27,28)(H,29,30). The van der Waals surface area contributed by atoms with Crippen LogP contribution in [0.4, 0.5) is 5.69 Å². The van der Waals surface area contributed by atoms with Crippen LogP contribution in [0.25, 0.3) is 22.2 Å². The second-order valence-electron chi connectivity index (χ2n) is 7.88. The van der Waals surface area contributed by atoms with Gasteiger partial charge in [-0.1, -0.05) is 42.5 Å². The molecule has 1 amide bonds. The maximum absolute atomic E-state index is 12.5. The summed E-state index contributed by atoms with van der Waals surface area (Å²) in [6.07, 6.45) is 6.37. The molecule has 0 radical (unpaired) electrons. The van der Waals surface area contributed by atoms with Crippen LogP contribution in [0.5, 0.6) is 5.75 Å². The van der Waals surface area contributed by atoms with Gasteiger partial charge in [0.15, 0.2) is 0 Å². The molecule has 1 saturated carbocycles. The van der Waals surface area contributed by atoms with Crippen LogP contribution in [-0.2, 0) is 11.4 Å². The second-order valence-corrected chi connectivity index (χ2v) is 7.88. The van der Waals surface area contributed by atoms with E-state index in [1.807, 2.05) is 66.9 Å². The molecule has 5 rings (SSSR count). The van der Waals surface area contributed by atoms with E-state index in [0.29, 0.717) is 12.4 Å². The van der Waals surface area contributed by atoms with E-state index in [-0.39, 0.29) is 5.91 Å². The summed E-state index contributed by atoms with van der Waals surface area (Å²) in [5.41, 5.74) is 3.92. The number of hydrogen-bond donors (Lipinski definition) is 3. The molecular formula is C25H22N4O2. The number of amides is 1. The van der Waals surface area contributed by atoms with Crippen LogP contribution in [0.3, 0.4) is 0 Å². The van der Waals surface area contributed by atoms with E-state index in [9.17, 15) is 4.79 Å². The number of rotatable bonds is 7. The lowest BCUT2D eigenvalue weighted by Gasteiger charge is -2.11. The third-order valence-corrected chi connectivity index (χ3v) is 5.70. The summed E-state index contributed by atoms with van der Waals surface area (Å²) >= 11 is 0. The van der Waals surface area contributed by atoms with E-state index in [2.05, 4.69) is 15.3 Å². The van der Waals surface area contributed by atoms with Crippen molar-refractivity contribution in [3.63, 3.8) is 0 Å². The van der Waals surface area contributed by atoms with Gasteiger partial charge >= 0.3 is 0 Å². The van der Waals surface area contributed by atoms with Crippen molar-refractivity contribution >= 4 is 28.8 Å². The highest BCUT2D eigenvalue weighted by molar-refractivity contribution is 6.08. The van der Waals surface area contributed by atoms with Gasteiger partial charge < -0.3 is 20.4 Å². The fourth-order valence-corrected chi connectivity index (χ4v) is 3.63. The zero-order valence-corrected chi connectivity index (χ0v) is 16.9. The van der Waals surface area contributed by atoms with Crippen LogP contribution in [0, 0.1) is 10.8 Å². The predicted molar refractivity (Wildman–Crippen MR) is 121 cm³/mol. The second kappa shape index (κ2) is 7.72. The Morgan fingerprint density at radius 1 is 1.16 bits per heavy atom. The van der Waals surface area contributed by atoms with Gasteiger partial charge in [0, 0.05) is 29.0 Å². The first-order valence-corrected chi connectivity index (χ1v) is 10.2. The lowest BCUT2D eigenvalue weighted by Crippen LogP contribution is -2.25. The molecule has 2 aromatic carbocycles. The summed E-state index contributed by atoms with van der Waals surface area (Å²) < 4.78 is 5.94. The molecule has 1 aliphatic carbocycles.